The van der Waals surface area contributed by atoms with Crippen LogP contribution in [-0.4, -0.2) is 30.3 Å². The molecule has 0 heterocycles. The van der Waals surface area contributed by atoms with Gasteiger partial charge in [-0.2, -0.15) is 0 Å². The summed E-state index contributed by atoms with van der Waals surface area (Å²) in [5.74, 6) is 0. The maximum atomic E-state index is 11.4. The number of nitrogens with one attached hydrogen (secondary N) is 2. The minimum Gasteiger partial charge on any atom is -0.444 e. The van der Waals surface area contributed by atoms with E-state index in [1.54, 1.807) is 0 Å². The molecule has 4 heteroatoms. The van der Waals surface area contributed by atoms with E-state index in [2.05, 4.69) is 10.6 Å². The number of hydrogen-bond acceptors (Lipinski definition) is 3. The smallest absolute Gasteiger partial charge is 0.407 e. The highest BCUT2D eigenvalue weighted by molar-refractivity contribution is 5.67. The molecule has 0 unspecified atom stereocenters. The van der Waals surface area contributed by atoms with Crippen molar-refractivity contribution in [2.45, 2.75) is 64.6 Å². The summed E-state index contributed by atoms with van der Waals surface area (Å²) in [5.41, 5.74) is -0.421. The number of rotatable bonds is 5. The minimum absolute atomic E-state index is 0.154. The Morgan fingerprint density at radius 1 is 1.44 bits per heavy atom. The SMILES string of the molecule is C[C@@H](CCNC1CC1)NC(=O)OC(C)(C)C. The maximum absolute atomic E-state index is 11.4. The number of hydrogen-bond donors (Lipinski definition) is 2. The molecule has 0 radical (unpaired) electrons. The van der Waals surface area contributed by atoms with Crippen molar-refractivity contribution >= 4 is 6.09 Å². The van der Waals surface area contributed by atoms with E-state index in [1.807, 2.05) is 27.7 Å². The summed E-state index contributed by atoms with van der Waals surface area (Å²) in [6, 6.07) is 0.884. The highest BCUT2D eigenvalue weighted by Crippen LogP contribution is 2.18. The first-order valence-corrected chi connectivity index (χ1v) is 6.10. The molecule has 1 fully saturated rings. The second-order valence-corrected chi connectivity index (χ2v) is 5.56. The molecule has 2 N–H and O–H groups in total. The van der Waals surface area contributed by atoms with E-state index in [4.69, 9.17) is 4.74 Å². The van der Waals surface area contributed by atoms with Crippen LogP contribution < -0.4 is 10.6 Å². The first-order valence-electron chi connectivity index (χ1n) is 6.10. The van der Waals surface area contributed by atoms with Gasteiger partial charge in [0.05, 0.1) is 0 Å². The van der Waals surface area contributed by atoms with Gasteiger partial charge in [-0.15, -0.1) is 0 Å². The van der Waals surface area contributed by atoms with Crippen molar-refractivity contribution in [2.75, 3.05) is 6.54 Å². The van der Waals surface area contributed by atoms with Crippen molar-refractivity contribution < 1.29 is 9.53 Å². The molecule has 0 aromatic heterocycles. The summed E-state index contributed by atoms with van der Waals surface area (Å²) in [4.78, 5) is 11.4. The van der Waals surface area contributed by atoms with Gasteiger partial charge in [0, 0.05) is 12.1 Å². The lowest BCUT2D eigenvalue weighted by Crippen LogP contribution is -2.39. The average molecular weight is 228 g/mol. The van der Waals surface area contributed by atoms with Gasteiger partial charge in [0.15, 0.2) is 0 Å². The van der Waals surface area contributed by atoms with Crippen LogP contribution in [0.2, 0.25) is 0 Å². The van der Waals surface area contributed by atoms with Crippen LogP contribution in [0.15, 0.2) is 0 Å². The minimum atomic E-state index is -0.421. The van der Waals surface area contributed by atoms with Gasteiger partial charge >= 0.3 is 6.09 Å². The Labute approximate surface area is 98.1 Å². The van der Waals surface area contributed by atoms with Crippen LogP contribution in [0.3, 0.4) is 0 Å². The molecule has 0 spiro atoms. The monoisotopic (exact) mass is 228 g/mol. The number of ether oxygens (including phenoxy) is 1. The normalized spacial score (nSPS) is 18.0. The molecule has 0 saturated heterocycles. The lowest BCUT2D eigenvalue weighted by atomic mass is 10.2. The zero-order valence-corrected chi connectivity index (χ0v) is 10.8. The highest BCUT2D eigenvalue weighted by Gasteiger charge is 2.21. The van der Waals surface area contributed by atoms with Gasteiger partial charge in [-0.05, 0) is 53.5 Å². The van der Waals surface area contributed by atoms with Gasteiger partial charge in [0.2, 0.25) is 0 Å². The Bertz CT molecular complexity index is 232. The summed E-state index contributed by atoms with van der Waals surface area (Å²) >= 11 is 0. The van der Waals surface area contributed by atoms with Crippen LogP contribution in [0.5, 0.6) is 0 Å². The van der Waals surface area contributed by atoms with Gasteiger partial charge in [-0.1, -0.05) is 0 Å². The number of carbonyl (C=O) groups is 1. The van der Waals surface area contributed by atoms with E-state index < -0.39 is 5.60 Å². The number of amides is 1. The first-order chi connectivity index (χ1) is 7.37. The van der Waals surface area contributed by atoms with Crippen molar-refractivity contribution in [2.24, 2.45) is 0 Å². The standard InChI is InChI=1S/C12H24N2O2/c1-9(7-8-13-10-5-6-10)14-11(15)16-12(2,3)4/h9-10,13H,5-8H2,1-4H3,(H,14,15)/t9-/m0/s1. The fourth-order valence-corrected chi connectivity index (χ4v) is 1.37. The molecule has 1 aliphatic carbocycles. The molecule has 0 aliphatic heterocycles. The largest absolute Gasteiger partial charge is 0.444 e. The summed E-state index contributed by atoms with van der Waals surface area (Å²) in [5, 5.41) is 6.25. The van der Waals surface area contributed by atoms with Crippen LogP contribution in [0.25, 0.3) is 0 Å². The topological polar surface area (TPSA) is 50.4 Å². The third-order valence-corrected chi connectivity index (χ3v) is 2.35. The fraction of sp³-hybridized carbons (Fsp3) is 0.917. The Morgan fingerprint density at radius 3 is 2.56 bits per heavy atom. The Morgan fingerprint density at radius 2 is 2.06 bits per heavy atom. The molecular weight excluding hydrogens is 204 g/mol. The Hall–Kier alpha value is -0.770. The lowest BCUT2D eigenvalue weighted by molar-refractivity contribution is 0.0506. The molecule has 0 bridgehead atoms. The van der Waals surface area contributed by atoms with Crippen LogP contribution in [0.4, 0.5) is 4.79 Å². The number of alkyl carbamates (subject to hydrolysis) is 1. The summed E-state index contributed by atoms with van der Waals surface area (Å²) in [6.07, 6.45) is 3.21. The summed E-state index contributed by atoms with van der Waals surface area (Å²) in [6.45, 7) is 8.56. The van der Waals surface area contributed by atoms with Gasteiger partial charge in [-0.25, -0.2) is 4.79 Å². The second kappa shape index (κ2) is 5.53. The van der Waals surface area contributed by atoms with Crippen molar-refractivity contribution in [1.82, 2.24) is 10.6 Å². The van der Waals surface area contributed by atoms with Crippen LogP contribution in [0, 0.1) is 0 Å². The molecule has 0 aromatic carbocycles. The van der Waals surface area contributed by atoms with Crippen molar-refractivity contribution in [3.8, 4) is 0 Å². The highest BCUT2D eigenvalue weighted by atomic mass is 16.6. The van der Waals surface area contributed by atoms with Crippen LogP contribution in [-0.2, 0) is 4.74 Å². The van der Waals surface area contributed by atoms with E-state index in [0.717, 1.165) is 19.0 Å². The zero-order valence-electron chi connectivity index (χ0n) is 10.8. The van der Waals surface area contributed by atoms with Gasteiger partial charge in [0.25, 0.3) is 0 Å². The van der Waals surface area contributed by atoms with Crippen LogP contribution >= 0.6 is 0 Å². The molecule has 1 amide bonds. The van der Waals surface area contributed by atoms with Crippen molar-refractivity contribution in [1.29, 1.82) is 0 Å². The van der Waals surface area contributed by atoms with Gasteiger partial charge < -0.3 is 15.4 Å². The summed E-state index contributed by atoms with van der Waals surface area (Å²) in [7, 11) is 0. The number of carbonyl (C=O) groups excluding carboxylic acids is 1. The quantitative estimate of drug-likeness (QED) is 0.757. The predicted molar refractivity (Wildman–Crippen MR) is 64.5 cm³/mol. The van der Waals surface area contributed by atoms with E-state index in [1.165, 1.54) is 12.8 Å². The molecule has 0 aromatic rings. The second-order valence-electron chi connectivity index (χ2n) is 5.56. The van der Waals surface area contributed by atoms with E-state index in [0.29, 0.717) is 0 Å². The van der Waals surface area contributed by atoms with Crippen LogP contribution in [0.1, 0.15) is 47.0 Å². The van der Waals surface area contributed by atoms with E-state index in [9.17, 15) is 4.79 Å². The lowest BCUT2D eigenvalue weighted by Gasteiger charge is -2.22. The van der Waals surface area contributed by atoms with Crippen molar-refractivity contribution in [3.05, 3.63) is 0 Å². The molecule has 16 heavy (non-hydrogen) atoms. The Balaban J connectivity index is 2.07. The Kier molecular flexibility index (Phi) is 4.59. The zero-order chi connectivity index (χ0) is 12.2. The molecular formula is C12H24N2O2. The van der Waals surface area contributed by atoms with Gasteiger partial charge in [0.1, 0.15) is 5.60 Å². The van der Waals surface area contributed by atoms with E-state index >= 15 is 0 Å². The molecule has 1 atom stereocenters. The van der Waals surface area contributed by atoms with Crippen molar-refractivity contribution in [3.63, 3.8) is 0 Å². The third-order valence-electron chi connectivity index (χ3n) is 2.35. The van der Waals surface area contributed by atoms with E-state index in [-0.39, 0.29) is 12.1 Å². The average Bonchev–Trinajstić information content (AvgIpc) is 2.83. The molecule has 94 valence electrons. The molecule has 1 rings (SSSR count). The third kappa shape index (κ3) is 6.67. The molecule has 4 nitrogen and oxygen atoms in total. The van der Waals surface area contributed by atoms with Gasteiger partial charge in [-0.3, -0.25) is 0 Å². The molecule has 1 aliphatic rings. The fourth-order valence-electron chi connectivity index (χ4n) is 1.37. The first kappa shape index (κ1) is 13.3. The summed E-state index contributed by atoms with van der Waals surface area (Å²) < 4.78 is 5.18. The maximum Gasteiger partial charge on any atom is 0.407 e. The predicted octanol–water partition coefficient (Wildman–Crippen LogP) is 2.04. The molecule has 1 saturated carbocycles.